The Kier molecular flexibility index (Phi) is 4.34. The van der Waals surface area contributed by atoms with Crippen LogP contribution in [0.2, 0.25) is 0 Å². The van der Waals surface area contributed by atoms with Crippen LogP contribution in [0, 0.1) is 11.8 Å². The predicted molar refractivity (Wildman–Crippen MR) is 74.1 cm³/mol. The normalized spacial score (nSPS) is 9.79. The molecule has 0 aliphatic heterocycles. The molecular weight excluding hydrogens is 262 g/mol. The van der Waals surface area contributed by atoms with Gasteiger partial charge in [-0.1, -0.05) is 11.8 Å². The van der Waals surface area contributed by atoms with E-state index < -0.39 is 0 Å². The zero-order valence-electron chi connectivity index (χ0n) is 10.4. The Hall–Kier alpha value is -2.10. The van der Waals surface area contributed by atoms with E-state index in [0.717, 1.165) is 4.88 Å². The summed E-state index contributed by atoms with van der Waals surface area (Å²) in [4.78, 5) is 13.4. The molecule has 0 spiro atoms. The molecule has 2 aromatic heterocycles. The summed E-state index contributed by atoms with van der Waals surface area (Å²) >= 11 is 1.32. The van der Waals surface area contributed by atoms with Crippen molar-refractivity contribution in [1.82, 2.24) is 9.78 Å². The van der Waals surface area contributed by atoms with E-state index in [9.17, 15) is 4.79 Å². The van der Waals surface area contributed by atoms with Gasteiger partial charge in [-0.15, -0.1) is 11.3 Å². The van der Waals surface area contributed by atoms with Crippen LogP contribution in [0.25, 0.3) is 0 Å². The predicted octanol–water partition coefficient (Wildman–Crippen LogP) is 1.47. The third kappa shape index (κ3) is 3.44. The average molecular weight is 275 g/mol. The molecule has 0 unspecified atom stereocenters. The molecular formula is C13H13N3O2S. The van der Waals surface area contributed by atoms with Crippen molar-refractivity contribution in [2.75, 3.05) is 11.9 Å². The maximum absolute atomic E-state index is 12.0. The highest BCUT2D eigenvalue weighted by molar-refractivity contribution is 7.14. The van der Waals surface area contributed by atoms with Crippen molar-refractivity contribution < 1.29 is 9.90 Å². The van der Waals surface area contributed by atoms with Crippen LogP contribution >= 0.6 is 11.3 Å². The summed E-state index contributed by atoms with van der Waals surface area (Å²) in [6, 6.07) is 5.26. The maximum atomic E-state index is 12.0. The molecule has 19 heavy (non-hydrogen) atoms. The standard InChI is InChI=1S/C13H13N3O2S/c1-16-12(7-8-14-16)15-13(18)11-6-5-10(19-11)4-2-3-9-17/h5-8,17H,3,9H2,1H3,(H,15,18). The molecule has 98 valence electrons. The molecule has 0 aromatic carbocycles. The Morgan fingerprint density at radius 2 is 2.37 bits per heavy atom. The van der Waals surface area contributed by atoms with Gasteiger partial charge in [-0.25, -0.2) is 0 Å². The summed E-state index contributed by atoms with van der Waals surface area (Å²) < 4.78 is 1.59. The quantitative estimate of drug-likeness (QED) is 0.834. The Labute approximate surface area is 114 Å². The first-order chi connectivity index (χ1) is 9.20. The van der Waals surface area contributed by atoms with Crippen molar-refractivity contribution >= 4 is 23.1 Å². The number of aryl methyl sites for hydroxylation is 1. The third-order valence-corrected chi connectivity index (χ3v) is 3.34. The summed E-state index contributed by atoms with van der Waals surface area (Å²) in [5, 5.41) is 15.4. The van der Waals surface area contributed by atoms with Gasteiger partial charge in [0.15, 0.2) is 0 Å². The second-order valence-electron chi connectivity index (χ2n) is 3.73. The molecule has 0 bridgehead atoms. The topological polar surface area (TPSA) is 67.2 Å². The van der Waals surface area contributed by atoms with E-state index in [2.05, 4.69) is 22.3 Å². The summed E-state index contributed by atoms with van der Waals surface area (Å²) in [5.41, 5.74) is 0. The minimum absolute atomic E-state index is 0.0478. The maximum Gasteiger partial charge on any atom is 0.266 e. The van der Waals surface area contributed by atoms with Gasteiger partial charge in [-0.05, 0) is 12.1 Å². The molecule has 2 aromatic rings. The third-order valence-electron chi connectivity index (χ3n) is 2.34. The zero-order chi connectivity index (χ0) is 13.7. The smallest absolute Gasteiger partial charge is 0.266 e. The molecule has 2 N–H and O–H groups in total. The van der Waals surface area contributed by atoms with Gasteiger partial charge in [0.1, 0.15) is 5.82 Å². The van der Waals surface area contributed by atoms with Gasteiger partial charge < -0.3 is 10.4 Å². The summed E-state index contributed by atoms with van der Waals surface area (Å²) in [5.74, 6) is 6.19. The van der Waals surface area contributed by atoms with Crippen LogP contribution in [-0.2, 0) is 7.05 Å². The Balaban J connectivity index is 2.05. The molecule has 0 atom stereocenters. The molecule has 1 amide bonds. The first-order valence-electron chi connectivity index (χ1n) is 5.69. The second-order valence-corrected chi connectivity index (χ2v) is 4.82. The molecule has 0 aliphatic carbocycles. The van der Waals surface area contributed by atoms with Gasteiger partial charge in [0.2, 0.25) is 0 Å². The minimum atomic E-state index is -0.177. The van der Waals surface area contributed by atoms with Crippen molar-refractivity contribution in [2.45, 2.75) is 6.42 Å². The van der Waals surface area contributed by atoms with Gasteiger partial charge >= 0.3 is 0 Å². The number of aromatic nitrogens is 2. The minimum Gasteiger partial charge on any atom is -0.395 e. The van der Waals surface area contributed by atoms with E-state index in [-0.39, 0.29) is 12.5 Å². The summed E-state index contributed by atoms with van der Waals surface area (Å²) in [6.45, 7) is 0.0478. The number of hydrogen-bond acceptors (Lipinski definition) is 4. The van der Waals surface area contributed by atoms with Crippen LogP contribution in [-0.4, -0.2) is 27.4 Å². The van der Waals surface area contributed by atoms with Crippen LogP contribution in [0.3, 0.4) is 0 Å². The lowest BCUT2D eigenvalue weighted by Gasteiger charge is -2.02. The van der Waals surface area contributed by atoms with Crippen molar-refractivity contribution in [1.29, 1.82) is 0 Å². The van der Waals surface area contributed by atoms with Crippen molar-refractivity contribution in [2.24, 2.45) is 7.05 Å². The number of carbonyl (C=O) groups excluding carboxylic acids is 1. The summed E-state index contributed by atoms with van der Waals surface area (Å²) in [7, 11) is 1.76. The highest BCUT2D eigenvalue weighted by Gasteiger charge is 2.10. The lowest BCUT2D eigenvalue weighted by atomic mass is 10.4. The number of amides is 1. The number of rotatable bonds is 3. The first kappa shape index (κ1) is 13.3. The molecule has 6 heteroatoms. The molecule has 0 radical (unpaired) electrons. The molecule has 0 fully saturated rings. The second kappa shape index (κ2) is 6.18. The highest BCUT2D eigenvalue weighted by Crippen LogP contribution is 2.17. The number of nitrogens with zero attached hydrogens (tertiary/aromatic N) is 2. The largest absolute Gasteiger partial charge is 0.395 e. The number of carbonyl (C=O) groups is 1. The SMILES string of the molecule is Cn1nccc1NC(=O)c1ccc(C#CCCO)s1. The summed E-state index contributed by atoms with van der Waals surface area (Å²) in [6.07, 6.45) is 2.06. The molecule has 5 nitrogen and oxygen atoms in total. The van der Waals surface area contributed by atoms with Gasteiger partial charge in [0.05, 0.1) is 22.6 Å². The molecule has 0 aliphatic rings. The van der Waals surface area contributed by atoms with Crippen molar-refractivity contribution in [3.8, 4) is 11.8 Å². The van der Waals surface area contributed by atoms with Gasteiger partial charge in [-0.3, -0.25) is 9.48 Å². The number of thiophene rings is 1. The van der Waals surface area contributed by atoms with Crippen molar-refractivity contribution in [3.63, 3.8) is 0 Å². The lowest BCUT2D eigenvalue weighted by molar-refractivity contribution is 0.102. The fourth-order valence-corrected chi connectivity index (χ4v) is 2.18. The van der Waals surface area contributed by atoms with Crippen LogP contribution in [0.4, 0.5) is 5.82 Å². The monoisotopic (exact) mass is 275 g/mol. The average Bonchev–Trinajstić information content (AvgIpc) is 3.00. The Morgan fingerprint density at radius 1 is 1.53 bits per heavy atom. The van der Waals surface area contributed by atoms with E-state index in [1.54, 1.807) is 36.1 Å². The zero-order valence-corrected chi connectivity index (χ0v) is 11.2. The lowest BCUT2D eigenvalue weighted by Crippen LogP contribution is -2.13. The fraction of sp³-hybridized carbons (Fsp3) is 0.231. The van der Waals surface area contributed by atoms with Crippen LogP contribution in [0.1, 0.15) is 21.0 Å². The van der Waals surface area contributed by atoms with Gasteiger partial charge in [-0.2, -0.15) is 5.10 Å². The first-order valence-corrected chi connectivity index (χ1v) is 6.51. The van der Waals surface area contributed by atoms with Crippen LogP contribution < -0.4 is 5.32 Å². The molecule has 0 saturated heterocycles. The highest BCUT2D eigenvalue weighted by atomic mass is 32.1. The number of nitrogens with one attached hydrogen (secondary N) is 1. The number of hydrogen-bond donors (Lipinski definition) is 2. The number of aliphatic hydroxyl groups excluding tert-OH is 1. The van der Waals surface area contributed by atoms with E-state index in [1.165, 1.54) is 11.3 Å². The number of aliphatic hydroxyl groups is 1. The van der Waals surface area contributed by atoms with E-state index in [0.29, 0.717) is 17.1 Å². The van der Waals surface area contributed by atoms with Gasteiger partial charge in [0, 0.05) is 19.5 Å². The van der Waals surface area contributed by atoms with Crippen LogP contribution in [0.5, 0.6) is 0 Å². The van der Waals surface area contributed by atoms with Gasteiger partial charge in [0.25, 0.3) is 5.91 Å². The molecule has 0 saturated carbocycles. The van der Waals surface area contributed by atoms with Crippen molar-refractivity contribution in [3.05, 3.63) is 34.2 Å². The van der Waals surface area contributed by atoms with E-state index in [4.69, 9.17) is 5.11 Å². The Bertz CT molecular complexity index is 634. The molecule has 2 rings (SSSR count). The van der Waals surface area contributed by atoms with E-state index >= 15 is 0 Å². The van der Waals surface area contributed by atoms with Crippen LogP contribution in [0.15, 0.2) is 24.4 Å². The van der Waals surface area contributed by atoms with E-state index in [1.807, 2.05) is 0 Å². The molecule has 2 heterocycles. The Morgan fingerprint density at radius 3 is 3.05 bits per heavy atom. The fourth-order valence-electron chi connectivity index (χ4n) is 1.41. The number of anilines is 1.